The lowest BCUT2D eigenvalue weighted by Gasteiger charge is -2.27. The lowest BCUT2D eigenvalue weighted by Crippen LogP contribution is -2.28. The van der Waals surface area contributed by atoms with Crippen LogP contribution in [0.25, 0.3) is 0 Å². The van der Waals surface area contributed by atoms with Crippen molar-refractivity contribution in [3.8, 4) is 0 Å². The standard InChI is InChI=1S/C14H20O3S/c1-11-7-9-13(10-8-11)18(15,16)17-14-6-4-3-5-12(14)2/h7-10,12,14H,3-6H2,1-2H3. The molecule has 0 aromatic heterocycles. The smallest absolute Gasteiger partial charge is 0.263 e. The summed E-state index contributed by atoms with van der Waals surface area (Å²) < 4.78 is 29.7. The van der Waals surface area contributed by atoms with Crippen LogP contribution in [-0.2, 0) is 14.3 Å². The van der Waals surface area contributed by atoms with Crippen molar-refractivity contribution in [2.24, 2.45) is 5.92 Å². The fraction of sp³-hybridized carbons (Fsp3) is 0.571. The van der Waals surface area contributed by atoms with E-state index in [1.165, 1.54) is 6.42 Å². The molecule has 100 valence electrons. The van der Waals surface area contributed by atoms with Crippen LogP contribution < -0.4 is 0 Å². The zero-order valence-electron chi connectivity index (χ0n) is 10.9. The minimum Gasteiger partial charge on any atom is -0.263 e. The third-order valence-electron chi connectivity index (χ3n) is 3.59. The number of aryl methyl sites for hydroxylation is 1. The largest absolute Gasteiger partial charge is 0.297 e. The number of hydrogen-bond donors (Lipinski definition) is 0. The van der Waals surface area contributed by atoms with Crippen LogP contribution in [0.4, 0.5) is 0 Å². The molecule has 1 aromatic rings. The van der Waals surface area contributed by atoms with Crippen LogP contribution in [0, 0.1) is 12.8 Å². The van der Waals surface area contributed by atoms with Crippen molar-refractivity contribution in [1.29, 1.82) is 0 Å². The third kappa shape index (κ3) is 3.12. The summed E-state index contributed by atoms with van der Waals surface area (Å²) in [6, 6.07) is 6.80. The summed E-state index contributed by atoms with van der Waals surface area (Å²) in [6.07, 6.45) is 3.95. The van der Waals surface area contributed by atoms with Gasteiger partial charge in [0.15, 0.2) is 0 Å². The molecule has 18 heavy (non-hydrogen) atoms. The molecule has 1 fully saturated rings. The summed E-state index contributed by atoms with van der Waals surface area (Å²) in [5, 5.41) is 0. The molecule has 1 aliphatic rings. The van der Waals surface area contributed by atoms with Gasteiger partial charge in [0.2, 0.25) is 0 Å². The Bertz CT molecular complexity index is 490. The van der Waals surface area contributed by atoms with E-state index in [1.807, 2.05) is 6.92 Å². The highest BCUT2D eigenvalue weighted by Gasteiger charge is 2.28. The predicted molar refractivity (Wildman–Crippen MR) is 70.9 cm³/mol. The lowest BCUT2D eigenvalue weighted by molar-refractivity contribution is 0.109. The van der Waals surface area contributed by atoms with Crippen molar-refractivity contribution in [3.63, 3.8) is 0 Å². The summed E-state index contributed by atoms with van der Waals surface area (Å²) in [4.78, 5) is 0.255. The van der Waals surface area contributed by atoms with Crippen molar-refractivity contribution in [3.05, 3.63) is 29.8 Å². The molecule has 1 aliphatic carbocycles. The van der Waals surface area contributed by atoms with Crippen molar-refractivity contribution >= 4 is 10.1 Å². The molecule has 2 unspecified atom stereocenters. The fourth-order valence-corrected chi connectivity index (χ4v) is 3.54. The van der Waals surface area contributed by atoms with Crippen LogP contribution in [0.1, 0.15) is 38.2 Å². The Hall–Kier alpha value is -0.870. The minimum atomic E-state index is -3.61. The summed E-state index contributed by atoms with van der Waals surface area (Å²) in [7, 11) is -3.61. The van der Waals surface area contributed by atoms with Gasteiger partial charge >= 0.3 is 0 Å². The van der Waals surface area contributed by atoms with Crippen LogP contribution in [0.2, 0.25) is 0 Å². The SMILES string of the molecule is Cc1ccc(S(=O)(=O)OC2CCCCC2C)cc1. The second kappa shape index (κ2) is 5.41. The molecular formula is C14H20O3S. The van der Waals surface area contributed by atoms with Gasteiger partial charge in [-0.25, -0.2) is 0 Å². The Labute approximate surface area is 109 Å². The Morgan fingerprint density at radius 2 is 1.72 bits per heavy atom. The summed E-state index contributed by atoms with van der Waals surface area (Å²) in [5.74, 6) is 0.318. The molecule has 3 nitrogen and oxygen atoms in total. The van der Waals surface area contributed by atoms with E-state index in [-0.39, 0.29) is 11.0 Å². The summed E-state index contributed by atoms with van der Waals surface area (Å²) >= 11 is 0. The zero-order chi connectivity index (χ0) is 13.2. The Morgan fingerprint density at radius 1 is 1.11 bits per heavy atom. The second-order valence-electron chi connectivity index (χ2n) is 5.16. The minimum absolute atomic E-state index is 0.162. The monoisotopic (exact) mass is 268 g/mol. The van der Waals surface area contributed by atoms with Gasteiger partial charge in [-0.1, -0.05) is 37.5 Å². The maximum atomic E-state index is 12.1. The highest BCUT2D eigenvalue weighted by atomic mass is 32.2. The zero-order valence-corrected chi connectivity index (χ0v) is 11.7. The molecule has 2 rings (SSSR count). The van der Waals surface area contributed by atoms with Crippen molar-refractivity contribution in [1.82, 2.24) is 0 Å². The van der Waals surface area contributed by atoms with Crippen LogP contribution in [0.15, 0.2) is 29.2 Å². The number of rotatable bonds is 3. The van der Waals surface area contributed by atoms with Gasteiger partial charge in [0.1, 0.15) is 0 Å². The van der Waals surface area contributed by atoms with E-state index in [4.69, 9.17) is 4.18 Å². The summed E-state index contributed by atoms with van der Waals surface area (Å²) in [6.45, 7) is 3.99. The molecule has 0 bridgehead atoms. The Morgan fingerprint density at radius 3 is 2.33 bits per heavy atom. The van der Waals surface area contributed by atoms with E-state index in [0.717, 1.165) is 24.8 Å². The number of hydrogen-bond acceptors (Lipinski definition) is 3. The molecule has 1 aromatic carbocycles. The maximum absolute atomic E-state index is 12.1. The van der Waals surface area contributed by atoms with Crippen molar-refractivity contribution < 1.29 is 12.6 Å². The van der Waals surface area contributed by atoms with Crippen LogP contribution in [-0.4, -0.2) is 14.5 Å². The van der Waals surface area contributed by atoms with Crippen molar-refractivity contribution in [2.45, 2.75) is 50.5 Å². The molecule has 0 spiro atoms. The number of benzene rings is 1. The van der Waals surface area contributed by atoms with E-state index in [0.29, 0.717) is 5.92 Å². The van der Waals surface area contributed by atoms with E-state index < -0.39 is 10.1 Å². The molecule has 0 aliphatic heterocycles. The highest BCUT2D eigenvalue weighted by molar-refractivity contribution is 7.86. The normalized spacial score (nSPS) is 25.0. The van der Waals surface area contributed by atoms with Crippen LogP contribution in [0.5, 0.6) is 0 Å². The third-order valence-corrected chi connectivity index (χ3v) is 4.94. The first kappa shape index (κ1) is 13.6. The van der Waals surface area contributed by atoms with Gasteiger partial charge in [0.05, 0.1) is 11.0 Å². The van der Waals surface area contributed by atoms with E-state index in [1.54, 1.807) is 24.3 Å². The molecular weight excluding hydrogens is 248 g/mol. The molecule has 2 atom stereocenters. The van der Waals surface area contributed by atoms with Gasteiger partial charge in [-0.15, -0.1) is 0 Å². The van der Waals surface area contributed by atoms with Gasteiger partial charge in [0.25, 0.3) is 10.1 Å². The molecule has 0 heterocycles. The topological polar surface area (TPSA) is 43.4 Å². The molecule has 1 saturated carbocycles. The van der Waals surface area contributed by atoms with E-state index in [2.05, 4.69) is 6.92 Å². The predicted octanol–water partition coefficient (Wildman–Crippen LogP) is 3.28. The van der Waals surface area contributed by atoms with Gasteiger partial charge in [0, 0.05) is 0 Å². The van der Waals surface area contributed by atoms with E-state index >= 15 is 0 Å². The quantitative estimate of drug-likeness (QED) is 0.790. The lowest BCUT2D eigenvalue weighted by atomic mass is 9.88. The van der Waals surface area contributed by atoms with Gasteiger partial charge in [-0.3, -0.25) is 4.18 Å². The first-order valence-electron chi connectivity index (χ1n) is 6.49. The Kier molecular flexibility index (Phi) is 4.07. The molecule has 0 amide bonds. The Balaban J connectivity index is 2.13. The average Bonchev–Trinajstić information content (AvgIpc) is 2.32. The van der Waals surface area contributed by atoms with Gasteiger partial charge < -0.3 is 0 Å². The van der Waals surface area contributed by atoms with Gasteiger partial charge in [-0.2, -0.15) is 8.42 Å². The molecule has 0 saturated heterocycles. The second-order valence-corrected chi connectivity index (χ2v) is 6.74. The first-order valence-corrected chi connectivity index (χ1v) is 7.90. The average molecular weight is 268 g/mol. The van der Waals surface area contributed by atoms with Crippen LogP contribution in [0.3, 0.4) is 0 Å². The highest BCUT2D eigenvalue weighted by Crippen LogP contribution is 2.29. The summed E-state index contributed by atoms with van der Waals surface area (Å²) in [5.41, 5.74) is 1.04. The first-order chi connectivity index (χ1) is 8.49. The fourth-order valence-electron chi connectivity index (χ4n) is 2.35. The maximum Gasteiger partial charge on any atom is 0.297 e. The van der Waals surface area contributed by atoms with Crippen molar-refractivity contribution in [2.75, 3.05) is 0 Å². The molecule has 4 heteroatoms. The molecule has 0 radical (unpaired) electrons. The van der Waals surface area contributed by atoms with Crippen LogP contribution >= 0.6 is 0 Å². The van der Waals surface area contributed by atoms with Gasteiger partial charge in [-0.05, 0) is 37.8 Å². The molecule has 0 N–H and O–H groups in total. The van der Waals surface area contributed by atoms with E-state index in [9.17, 15) is 8.42 Å².